The van der Waals surface area contributed by atoms with Crippen molar-refractivity contribution in [2.24, 2.45) is 4.99 Å². The number of ether oxygens (including phenoxy) is 2. The Bertz CT molecular complexity index is 801. The number of nitrogens with one attached hydrogen (secondary N) is 2. The lowest BCUT2D eigenvalue weighted by Gasteiger charge is -2.15. The lowest BCUT2D eigenvalue weighted by atomic mass is 10.1. The van der Waals surface area contributed by atoms with Crippen molar-refractivity contribution in [1.29, 1.82) is 0 Å². The molecule has 0 aliphatic carbocycles. The Morgan fingerprint density at radius 3 is 2.35 bits per heavy atom. The molecule has 0 unspecified atom stereocenters. The molecule has 0 spiro atoms. The Morgan fingerprint density at radius 1 is 0.935 bits per heavy atom. The molecule has 1 heterocycles. The van der Waals surface area contributed by atoms with Crippen molar-refractivity contribution in [1.82, 2.24) is 15.5 Å². The molecule has 1 aliphatic heterocycles. The Kier molecular flexibility index (Phi) is 9.67. The predicted octanol–water partition coefficient (Wildman–Crippen LogP) is 3.56. The van der Waals surface area contributed by atoms with Gasteiger partial charge in [0, 0.05) is 46.8 Å². The number of likely N-dealkylation sites (tertiary alicyclic amines) is 1. The largest absolute Gasteiger partial charge is 0.493 e. The first-order valence-corrected chi connectivity index (χ1v) is 11.2. The van der Waals surface area contributed by atoms with Crippen molar-refractivity contribution < 1.29 is 9.47 Å². The number of guanidine groups is 1. The van der Waals surface area contributed by atoms with Crippen LogP contribution in [0.25, 0.3) is 0 Å². The topological polar surface area (TPSA) is 58.1 Å². The van der Waals surface area contributed by atoms with Crippen LogP contribution >= 0.6 is 0 Å². The highest BCUT2D eigenvalue weighted by atomic mass is 16.5. The molecular weight excluding hydrogens is 388 g/mol. The van der Waals surface area contributed by atoms with Gasteiger partial charge >= 0.3 is 0 Å². The highest BCUT2D eigenvalue weighted by Crippen LogP contribution is 2.14. The second-order valence-electron chi connectivity index (χ2n) is 7.92. The monoisotopic (exact) mass is 424 g/mol. The zero-order valence-corrected chi connectivity index (χ0v) is 18.9. The van der Waals surface area contributed by atoms with E-state index in [1.165, 1.54) is 37.1 Å². The van der Waals surface area contributed by atoms with Gasteiger partial charge in [-0.05, 0) is 54.8 Å². The van der Waals surface area contributed by atoms with E-state index >= 15 is 0 Å². The van der Waals surface area contributed by atoms with E-state index < -0.39 is 0 Å². The molecule has 2 aromatic carbocycles. The average Bonchev–Trinajstić information content (AvgIpc) is 3.31. The van der Waals surface area contributed by atoms with Gasteiger partial charge in [-0.1, -0.05) is 36.4 Å². The summed E-state index contributed by atoms with van der Waals surface area (Å²) in [5, 5.41) is 6.77. The quantitative estimate of drug-likeness (QED) is 0.328. The van der Waals surface area contributed by atoms with Crippen molar-refractivity contribution >= 4 is 5.96 Å². The van der Waals surface area contributed by atoms with E-state index in [2.05, 4.69) is 56.9 Å². The second-order valence-corrected chi connectivity index (χ2v) is 7.92. The third-order valence-corrected chi connectivity index (χ3v) is 5.43. The average molecular weight is 425 g/mol. The lowest BCUT2D eigenvalue weighted by Crippen LogP contribution is -2.36. The van der Waals surface area contributed by atoms with Gasteiger partial charge in [0.05, 0.1) is 6.61 Å². The summed E-state index contributed by atoms with van der Waals surface area (Å²) in [5.41, 5.74) is 3.79. The SMILES string of the molecule is CN=C(NCc1ccc(CN2CCCC2)cc1)NCc1cccc(OCCCOC)c1. The molecule has 0 atom stereocenters. The number of benzene rings is 2. The minimum absolute atomic E-state index is 0.658. The van der Waals surface area contributed by atoms with Crippen molar-refractivity contribution in [3.8, 4) is 5.75 Å². The number of methoxy groups -OCH3 is 1. The zero-order valence-electron chi connectivity index (χ0n) is 18.9. The summed E-state index contributed by atoms with van der Waals surface area (Å²) in [6, 6.07) is 17.0. The van der Waals surface area contributed by atoms with Crippen LogP contribution in [0.2, 0.25) is 0 Å². The molecule has 0 amide bonds. The van der Waals surface area contributed by atoms with E-state index in [-0.39, 0.29) is 0 Å². The van der Waals surface area contributed by atoms with Crippen LogP contribution in [0, 0.1) is 0 Å². The van der Waals surface area contributed by atoms with E-state index in [9.17, 15) is 0 Å². The van der Waals surface area contributed by atoms with Crippen molar-refractivity contribution in [3.05, 3.63) is 65.2 Å². The van der Waals surface area contributed by atoms with Gasteiger partial charge in [-0.15, -0.1) is 0 Å². The van der Waals surface area contributed by atoms with Crippen molar-refractivity contribution in [2.75, 3.05) is 40.5 Å². The molecule has 31 heavy (non-hydrogen) atoms. The summed E-state index contributed by atoms with van der Waals surface area (Å²) >= 11 is 0. The molecule has 1 aliphatic rings. The highest BCUT2D eigenvalue weighted by molar-refractivity contribution is 5.79. The number of rotatable bonds is 11. The van der Waals surface area contributed by atoms with E-state index in [1.807, 2.05) is 12.1 Å². The van der Waals surface area contributed by atoms with Crippen LogP contribution in [0.5, 0.6) is 5.75 Å². The third kappa shape index (κ3) is 8.23. The molecule has 0 saturated carbocycles. The van der Waals surface area contributed by atoms with Gasteiger partial charge < -0.3 is 20.1 Å². The summed E-state index contributed by atoms with van der Waals surface area (Å²) in [6.07, 6.45) is 3.55. The maximum Gasteiger partial charge on any atom is 0.191 e. The minimum atomic E-state index is 0.658. The van der Waals surface area contributed by atoms with Crippen LogP contribution in [-0.4, -0.2) is 51.3 Å². The molecule has 6 nitrogen and oxygen atoms in total. The van der Waals surface area contributed by atoms with Crippen LogP contribution in [0.4, 0.5) is 0 Å². The minimum Gasteiger partial charge on any atom is -0.493 e. The van der Waals surface area contributed by atoms with E-state index in [1.54, 1.807) is 14.2 Å². The molecule has 1 fully saturated rings. The Morgan fingerprint density at radius 2 is 1.65 bits per heavy atom. The molecular formula is C25H36N4O2. The van der Waals surface area contributed by atoms with E-state index in [4.69, 9.17) is 9.47 Å². The molecule has 2 N–H and O–H groups in total. The smallest absolute Gasteiger partial charge is 0.191 e. The standard InChI is InChI=1S/C25H36N4O2/c1-26-25(28-19-23-7-5-8-24(17-23)31-16-6-15-30-2)27-18-21-9-11-22(12-10-21)20-29-13-3-4-14-29/h5,7-12,17H,3-4,6,13-16,18-20H2,1-2H3,(H2,26,27,28). The maximum absolute atomic E-state index is 5.78. The van der Waals surface area contributed by atoms with Gasteiger partial charge in [0.2, 0.25) is 0 Å². The van der Waals surface area contributed by atoms with Crippen LogP contribution < -0.4 is 15.4 Å². The second kappa shape index (κ2) is 13.0. The van der Waals surface area contributed by atoms with Gasteiger partial charge in [0.15, 0.2) is 5.96 Å². The summed E-state index contributed by atoms with van der Waals surface area (Å²) < 4.78 is 10.8. The molecule has 0 aromatic heterocycles. The Labute approximate surface area is 186 Å². The molecule has 1 saturated heterocycles. The van der Waals surface area contributed by atoms with Crippen LogP contribution in [0.1, 0.15) is 36.0 Å². The van der Waals surface area contributed by atoms with Crippen molar-refractivity contribution in [2.45, 2.75) is 38.9 Å². The molecule has 6 heteroatoms. The summed E-state index contributed by atoms with van der Waals surface area (Å²) in [6.45, 7) is 6.32. The first-order chi connectivity index (χ1) is 15.3. The van der Waals surface area contributed by atoms with Crippen molar-refractivity contribution in [3.63, 3.8) is 0 Å². The van der Waals surface area contributed by atoms with Gasteiger partial charge in [0.1, 0.15) is 5.75 Å². The number of aliphatic imine (C=N–C) groups is 1. The predicted molar refractivity (Wildman–Crippen MR) is 126 cm³/mol. The highest BCUT2D eigenvalue weighted by Gasteiger charge is 2.11. The van der Waals surface area contributed by atoms with E-state index in [0.29, 0.717) is 19.8 Å². The number of nitrogens with zero attached hydrogens (tertiary/aromatic N) is 2. The Balaban J connectivity index is 1.41. The van der Waals surface area contributed by atoms with Gasteiger partial charge in [-0.2, -0.15) is 0 Å². The number of hydrogen-bond acceptors (Lipinski definition) is 4. The van der Waals surface area contributed by atoms with Gasteiger partial charge in [0.25, 0.3) is 0 Å². The first-order valence-electron chi connectivity index (χ1n) is 11.2. The molecule has 0 bridgehead atoms. The van der Waals surface area contributed by atoms with Gasteiger partial charge in [-0.25, -0.2) is 0 Å². The molecule has 168 valence electrons. The zero-order chi connectivity index (χ0) is 21.7. The fraction of sp³-hybridized carbons (Fsp3) is 0.480. The summed E-state index contributed by atoms with van der Waals surface area (Å²) in [4.78, 5) is 6.87. The maximum atomic E-state index is 5.78. The normalized spacial score (nSPS) is 14.6. The number of hydrogen-bond donors (Lipinski definition) is 2. The van der Waals surface area contributed by atoms with Crippen LogP contribution in [0.3, 0.4) is 0 Å². The fourth-order valence-corrected chi connectivity index (χ4v) is 3.69. The first kappa shape index (κ1) is 23.1. The fourth-order valence-electron chi connectivity index (χ4n) is 3.69. The lowest BCUT2D eigenvalue weighted by molar-refractivity contribution is 0.172. The third-order valence-electron chi connectivity index (χ3n) is 5.43. The summed E-state index contributed by atoms with van der Waals surface area (Å²) in [7, 11) is 3.50. The van der Waals surface area contributed by atoms with Gasteiger partial charge in [-0.3, -0.25) is 9.89 Å². The molecule has 3 rings (SSSR count). The van der Waals surface area contributed by atoms with E-state index in [0.717, 1.165) is 36.8 Å². The summed E-state index contributed by atoms with van der Waals surface area (Å²) in [5.74, 6) is 1.67. The molecule has 2 aromatic rings. The van der Waals surface area contributed by atoms with Crippen LogP contribution in [-0.2, 0) is 24.4 Å². The molecule has 0 radical (unpaired) electrons. The van der Waals surface area contributed by atoms with Crippen LogP contribution in [0.15, 0.2) is 53.5 Å². The Hall–Kier alpha value is -2.57.